The number of nitrogens with one attached hydrogen (secondary N) is 4. The lowest BCUT2D eigenvalue weighted by Gasteiger charge is -2.49. The van der Waals surface area contributed by atoms with E-state index in [-0.39, 0.29) is 41.7 Å². The van der Waals surface area contributed by atoms with Gasteiger partial charge in [-0.3, -0.25) is 14.5 Å². The van der Waals surface area contributed by atoms with E-state index in [1.165, 1.54) is 44.9 Å². The molecule has 2 aliphatic carbocycles. The van der Waals surface area contributed by atoms with Crippen molar-refractivity contribution in [3.63, 3.8) is 0 Å². The molecule has 7 atom stereocenters. The number of nitrogens with zero attached hydrogens (tertiary/aromatic N) is 4. The van der Waals surface area contributed by atoms with Crippen LogP contribution in [0.4, 0.5) is 20.4 Å². The Morgan fingerprint density at radius 2 is 1.39 bits per heavy atom. The third-order valence-electron chi connectivity index (χ3n) is 13.5. The Kier molecular flexibility index (Phi) is 14.0. The number of piperazine rings is 1. The van der Waals surface area contributed by atoms with Gasteiger partial charge in [0, 0.05) is 58.4 Å². The third kappa shape index (κ3) is 9.18. The Hall–Kier alpha value is -2.55. The van der Waals surface area contributed by atoms with Gasteiger partial charge in [-0.2, -0.15) is 5.10 Å². The zero-order valence-electron chi connectivity index (χ0n) is 32.4. The van der Waals surface area contributed by atoms with Gasteiger partial charge >= 0.3 is 0 Å². The van der Waals surface area contributed by atoms with Crippen LogP contribution in [0.3, 0.4) is 0 Å². The topological polar surface area (TPSA) is 142 Å². The van der Waals surface area contributed by atoms with E-state index in [0.29, 0.717) is 51.7 Å². The van der Waals surface area contributed by atoms with E-state index in [9.17, 15) is 9.59 Å². The maximum absolute atomic E-state index is 17.3. The van der Waals surface area contributed by atoms with E-state index in [4.69, 9.17) is 10.5 Å². The number of carbonyl (C=O) groups excluding carboxylic acids is 2. The summed E-state index contributed by atoms with van der Waals surface area (Å²) < 4.78 is 40.6. The van der Waals surface area contributed by atoms with Crippen molar-refractivity contribution in [2.45, 2.75) is 152 Å². The second-order valence-electron chi connectivity index (χ2n) is 17.1. The first kappa shape index (κ1) is 39.7. The Morgan fingerprint density at radius 3 is 2.00 bits per heavy atom. The van der Waals surface area contributed by atoms with Crippen molar-refractivity contribution >= 4 is 23.5 Å². The van der Waals surface area contributed by atoms with Crippen LogP contribution in [-0.4, -0.2) is 127 Å². The molecule has 54 heavy (non-hydrogen) atoms. The summed E-state index contributed by atoms with van der Waals surface area (Å²) in [7, 11) is 0. The molecule has 7 rings (SSSR count). The van der Waals surface area contributed by atoms with E-state index in [1.807, 2.05) is 4.90 Å². The molecule has 5 fully saturated rings. The summed E-state index contributed by atoms with van der Waals surface area (Å²) in [5.74, 6) is 0.448. The highest BCUT2D eigenvalue weighted by Gasteiger charge is 2.48. The lowest BCUT2D eigenvalue weighted by Crippen LogP contribution is -2.71. The highest BCUT2D eigenvalue weighted by molar-refractivity contribution is 6.03. The van der Waals surface area contributed by atoms with E-state index in [0.717, 1.165) is 70.8 Å². The number of morpholine rings is 1. The summed E-state index contributed by atoms with van der Waals surface area (Å²) >= 11 is 0. The van der Waals surface area contributed by atoms with Crippen molar-refractivity contribution in [2.24, 2.45) is 11.8 Å². The SMILES string of the molecule is Nc1nn2c(c1C(=O)NC1CNC(C3CCCCCCCC3)C(F)C1N1CCN(C(=O)C3CNCCO3)CC1)NCC(F)C2C1CCCCCCCCC1. The first-order valence-electron chi connectivity index (χ1n) is 21.7. The number of alkyl halides is 2. The van der Waals surface area contributed by atoms with Gasteiger partial charge < -0.3 is 36.6 Å². The zero-order valence-corrected chi connectivity index (χ0v) is 32.4. The van der Waals surface area contributed by atoms with Gasteiger partial charge in [-0.1, -0.05) is 83.5 Å². The van der Waals surface area contributed by atoms with Gasteiger partial charge in [0.25, 0.3) is 11.8 Å². The van der Waals surface area contributed by atoms with Gasteiger partial charge in [0.15, 0.2) is 5.82 Å². The normalized spacial score (nSPS) is 33.4. The molecule has 7 unspecified atom stereocenters. The monoisotopic (exact) mass is 760 g/mol. The molecule has 304 valence electrons. The number of hydrogen-bond donors (Lipinski definition) is 5. The molecule has 14 heteroatoms. The summed E-state index contributed by atoms with van der Waals surface area (Å²) in [6.07, 6.45) is 16.3. The van der Waals surface area contributed by atoms with E-state index < -0.39 is 42.5 Å². The minimum atomic E-state index is -1.22. The van der Waals surface area contributed by atoms with Crippen LogP contribution >= 0.6 is 0 Å². The predicted molar refractivity (Wildman–Crippen MR) is 207 cm³/mol. The standard InChI is InChI=1S/C40H67F2N9O3/c41-29-24-46-38-32(37(43)48-51(38)35(29)28-16-12-8-2-1-3-9-13-17-28)39(52)47-30-25-45-34(27-14-10-6-4-5-7-11-15-27)33(42)36(30)49-19-21-50(22-20-49)40(53)31-26-44-18-23-54-31/h27-31,33-36,44-46H,1-26H2,(H2,43,48)(H,47,52). The molecular weight excluding hydrogens is 692 g/mol. The van der Waals surface area contributed by atoms with Crippen molar-refractivity contribution in [1.29, 1.82) is 0 Å². The number of nitrogen functional groups attached to an aromatic ring is 1. The van der Waals surface area contributed by atoms with Gasteiger partial charge in [0.1, 0.15) is 29.8 Å². The molecule has 0 spiro atoms. The van der Waals surface area contributed by atoms with Gasteiger partial charge in [0.05, 0.1) is 24.7 Å². The van der Waals surface area contributed by atoms with E-state index >= 15 is 8.78 Å². The Morgan fingerprint density at radius 1 is 0.778 bits per heavy atom. The van der Waals surface area contributed by atoms with Crippen molar-refractivity contribution in [1.82, 2.24) is 35.5 Å². The van der Waals surface area contributed by atoms with Gasteiger partial charge in [-0.05, 0) is 37.5 Å². The molecule has 6 aliphatic rings. The van der Waals surface area contributed by atoms with Crippen LogP contribution in [0.5, 0.6) is 0 Å². The Labute approximate surface area is 320 Å². The fraction of sp³-hybridized carbons (Fsp3) is 0.875. The lowest BCUT2D eigenvalue weighted by molar-refractivity contribution is -0.147. The molecule has 2 saturated carbocycles. The first-order valence-corrected chi connectivity index (χ1v) is 21.7. The molecule has 12 nitrogen and oxygen atoms in total. The number of fused-ring (bicyclic) bond motifs is 1. The Balaban J connectivity index is 1.09. The minimum absolute atomic E-state index is 0.0227. The number of piperidine rings is 1. The third-order valence-corrected chi connectivity index (χ3v) is 13.5. The predicted octanol–water partition coefficient (Wildman–Crippen LogP) is 4.57. The molecule has 5 heterocycles. The van der Waals surface area contributed by atoms with Gasteiger partial charge in [0.2, 0.25) is 0 Å². The summed E-state index contributed by atoms with van der Waals surface area (Å²) in [4.78, 5) is 31.6. The van der Waals surface area contributed by atoms with Crippen LogP contribution in [0.15, 0.2) is 0 Å². The van der Waals surface area contributed by atoms with Gasteiger partial charge in [-0.15, -0.1) is 0 Å². The van der Waals surface area contributed by atoms with Crippen LogP contribution in [0.2, 0.25) is 0 Å². The second-order valence-corrected chi connectivity index (χ2v) is 17.1. The summed E-state index contributed by atoms with van der Waals surface area (Å²) in [6.45, 7) is 4.24. The maximum atomic E-state index is 17.3. The van der Waals surface area contributed by atoms with Crippen LogP contribution in [0, 0.1) is 11.8 Å². The number of hydrogen-bond acceptors (Lipinski definition) is 9. The fourth-order valence-electron chi connectivity index (χ4n) is 10.6. The number of nitrogens with two attached hydrogens (primary N) is 1. The van der Waals surface area contributed by atoms with Crippen LogP contribution < -0.4 is 27.0 Å². The average Bonchev–Trinajstić information content (AvgIpc) is 3.59. The molecular formula is C40H67F2N9O3. The van der Waals surface area contributed by atoms with Crippen LogP contribution in [0.1, 0.15) is 126 Å². The van der Waals surface area contributed by atoms with Crippen LogP contribution in [-0.2, 0) is 9.53 Å². The summed E-state index contributed by atoms with van der Waals surface area (Å²) in [5.41, 5.74) is 6.75. The summed E-state index contributed by atoms with van der Waals surface area (Å²) in [6, 6.07) is -1.91. The molecule has 0 bridgehead atoms. The van der Waals surface area contributed by atoms with Crippen molar-refractivity contribution in [3.8, 4) is 0 Å². The molecule has 1 aromatic heterocycles. The van der Waals surface area contributed by atoms with Gasteiger partial charge in [-0.25, -0.2) is 13.5 Å². The van der Waals surface area contributed by atoms with Crippen molar-refractivity contribution in [3.05, 3.63) is 5.56 Å². The molecule has 6 N–H and O–H groups in total. The number of anilines is 2. The highest BCUT2D eigenvalue weighted by Crippen LogP contribution is 2.41. The number of rotatable bonds is 6. The second kappa shape index (κ2) is 19.1. The first-order chi connectivity index (χ1) is 26.4. The maximum Gasteiger partial charge on any atom is 0.259 e. The number of aromatic nitrogens is 2. The molecule has 3 saturated heterocycles. The van der Waals surface area contributed by atoms with Crippen LogP contribution in [0.25, 0.3) is 0 Å². The van der Waals surface area contributed by atoms with Crippen molar-refractivity contribution < 1.29 is 23.1 Å². The quantitative estimate of drug-likeness (QED) is 0.282. The van der Waals surface area contributed by atoms with E-state index in [1.54, 1.807) is 4.68 Å². The number of carbonyl (C=O) groups is 2. The number of ether oxygens (including phenoxy) is 1. The summed E-state index contributed by atoms with van der Waals surface area (Å²) in [5, 5.41) is 17.8. The zero-order chi connectivity index (χ0) is 37.4. The molecule has 1 aromatic rings. The molecule has 2 amide bonds. The highest BCUT2D eigenvalue weighted by atomic mass is 19.1. The number of halogens is 2. The van der Waals surface area contributed by atoms with Crippen molar-refractivity contribution in [2.75, 3.05) is 70.0 Å². The molecule has 4 aliphatic heterocycles. The largest absolute Gasteiger partial charge is 0.381 e. The minimum Gasteiger partial charge on any atom is -0.381 e. The Bertz CT molecular complexity index is 1350. The lowest BCUT2D eigenvalue weighted by atomic mass is 9.80. The smallest absolute Gasteiger partial charge is 0.259 e. The number of amides is 2. The fourth-order valence-corrected chi connectivity index (χ4v) is 10.6. The molecule has 0 aromatic carbocycles. The molecule has 0 radical (unpaired) electrons. The van der Waals surface area contributed by atoms with E-state index in [2.05, 4.69) is 31.3 Å². The average molecular weight is 760 g/mol.